The minimum atomic E-state index is -3.61. The number of hydrogen-bond donors (Lipinski definition) is 2. The highest BCUT2D eigenvalue weighted by atomic mass is 79.9. The van der Waals surface area contributed by atoms with Gasteiger partial charge < -0.3 is 9.73 Å². The van der Waals surface area contributed by atoms with Crippen LogP contribution in [-0.4, -0.2) is 20.0 Å². The lowest BCUT2D eigenvalue weighted by Gasteiger charge is -2.27. The molecular formula is C14H25BrN2O3S. The fourth-order valence-electron chi connectivity index (χ4n) is 1.75. The molecule has 0 bridgehead atoms. The number of rotatable bonds is 8. The summed E-state index contributed by atoms with van der Waals surface area (Å²) in [6.07, 6.45) is 1.44. The van der Waals surface area contributed by atoms with E-state index in [0.717, 1.165) is 12.8 Å². The quantitative estimate of drug-likeness (QED) is 0.724. The van der Waals surface area contributed by atoms with Gasteiger partial charge in [-0.3, -0.25) is 0 Å². The number of sulfonamides is 1. The molecule has 21 heavy (non-hydrogen) atoms. The predicted octanol–water partition coefficient (Wildman–Crippen LogP) is 3.40. The van der Waals surface area contributed by atoms with E-state index in [0.29, 0.717) is 18.3 Å². The molecule has 122 valence electrons. The second-order valence-corrected chi connectivity index (χ2v) is 8.13. The highest BCUT2D eigenvalue weighted by Gasteiger charge is 2.30. The van der Waals surface area contributed by atoms with Crippen molar-refractivity contribution in [2.75, 3.05) is 0 Å². The fraction of sp³-hybridized carbons (Fsp3) is 0.714. The summed E-state index contributed by atoms with van der Waals surface area (Å²) in [6, 6.07) is 1.86. The molecule has 0 fully saturated rings. The molecule has 0 aliphatic rings. The maximum absolute atomic E-state index is 12.5. The number of hydrogen-bond acceptors (Lipinski definition) is 4. The van der Waals surface area contributed by atoms with Crippen LogP contribution in [0.3, 0.4) is 0 Å². The van der Waals surface area contributed by atoms with Crippen LogP contribution in [0.5, 0.6) is 0 Å². The molecule has 5 nitrogen and oxygen atoms in total. The molecule has 0 amide bonds. The number of nitrogens with one attached hydrogen (secondary N) is 2. The van der Waals surface area contributed by atoms with E-state index in [9.17, 15) is 8.42 Å². The monoisotopic (exact) mass is 380 g/mol. The lowest BCUT2D eigenvalue weighted by atomic mass is 9.98. The summed E-state index contributed by atoms with van der Waals surface area (Å²) >= 11 is 3.20. The topological polar surface area (TPSA) is 71.3 Å². The molecule has 0 unspecified atom stereocenters. The first-order valence-corrected chi connectivity index (χ1v) is 9.46. The minimum absolute atomic E-state index is 0.149. The lowest BCUT2D eigenvalue weighted by molar-refractivity contribution is 0.388. The molecule has 0 atom stereocenters. The van der Waals surface area contributed by atoms with Crippen LogP contribution in [0, 0.1) is 0 Å². The van der Waals surface area contributed by atoms with E-state index in [2.05, 4.69) is 26.0 Å². The van der Waals surface area contributed by atoms with Crippen LogP contribution < -0.4 is 10.0 Å². The van der Waals surface area contributed by atoms with E-state index >= 15 is 0 Å². The van der Waals surface area contributed by atoms with Crippen molar-refractivity contribution in [2.45, 2.75) is 70.5 Å². The first kappa shape index (κ1) is 18.7. The molecule has 2 N–H and O–H groups in total. The van der Waals surface area contributed by atoms with Gasteiger partial charge in [-0.25, -0.2) is 13.1 Å². The van der Waals surface area contributed by atoms with Crippen LogP contribution in [0.25, 0.3) is 0 Å². The molecule has 0 saturated carbocycles. The van der Waals surface area contributed by atoms with Crippen molar-refractivity contribution >= 4 is 26.0 Å². The Labute approximate surface area is 136 Å². The molecule has 1 rings (SSSR count). The van der Waals surface area contributed by atoms with Gasteiger partial charge in [-0.1, -0.05) is 27.7 Å². The molecule has 1 aromatic heterocycles. The first-order chi connectivity index (χ1) is 9.63. The third-order valence-electron chi connectivity index (χ3n) is 3.62. The Hall–Kier alpha value is -0.370. The standard InChI is InChI=1S/C14H25BrN2O3S/c1-6-14(5,7-2)17-21(18,19)12-8-11(20-13(12)15)9-16-10(3)4/h8,10,16-17H,6-7,9H2,1-5H3. The average Bonchev–Trinajstić information content (AvgIpc) is 2.78. The van der Waals surface area contributed by atoms with Gasteiger partial charge in [-0.05, 0) is 35.7 Å². The molecule has 0 aromatic carbocycles. The van der Waals surface area contributed by atoms with Crippen LogP contribution >= 0.6 is 15.9 Å². The maximum Gasteiger partial charge on any atom is 0.245 e. The predicted molar refractivity (Wildman–Crippen MR) is 87.7 cm³/mol. The van der Waals surface area contributed by atoms with E-state index < -0.39 is 15.6 Å². The molecule has 0 saturated heterocycles. The minimum Gasteiger partial charge on any atom is -0.452 e. The SMILES string of the molecule is CCC(C)(CC)NS(=O)(=O)c1cc(CNC(C)C)oc1Br. The van der Waals surface area contributed by atoms with Gasteiger partial charge in [0.05, 0.1) is 6.54 Å². The Balaban J connectivity index is 2.98. The average molecular weight is 381 g/mol. The number of halogens is 1. The molecule has 0 spiro atoms. The smallest absolute Gasteiger partial charge is 0.245 e. The Morgan fingerprint density at radius 2 is 1.90 bits per heavy atom. The van der Waals surface area contributed by atoms with Crippen molar-refractivity contribution in [1.82, 2.24) is 10.0 Å². The Morgan fingerprint density at radius 1 is 1.33 bits per heavy atom. The van der Waals surface area contributed by atoms with Gasteiger partial charge in [-0.15, -0.1) is 0 Å². The molecular weight excluding hydrogens is 356 g/mol. The van der Waals surface area contributed by atoms with Crippen LogP contribution in [-0.2, 0) is 16.6 Å². The normalized spacial score (nSPS) is 13.1. The van der Waals surface area contributed by atoms with Gasteiger partial charge in [0.15, 0.2) is 4.67 Å². The molecule has 0 radical (unpaired) electrons. The zero-order valence-electron chi connectivity index (χ0n) is 13.3. The van der Waals surface area contributed by atoms with Crippen LogP contribution in [0.1, 0.15) is 53.2 Å². The third-order valence-corrected chi connectivity index (χ3v) is 6.12. The molecule has 1 aromatic rings. The molecule has 7 heteroatoms. The Morgan fingerprint density at radius 3 is 2.38 bits per heavy atom. The molecule has 1 heterocycles. The first-order valence-electron chi connectivity index (χ1n) is 7.19. The summed E-state index contributed by atoms with van der Waals surface area (Å²) in [4.78, 5) is 0.149. The Kier molecular flexibility index (Phi) is 6.46. The zero-order valence-corrected chi connectivity index (χ0v) is 15.7. The van der Waals surface area contributed by atoms with Gasteiger partial charge in [0.2, 0.25) is 10.0 Å². The van der Waals surface area contributed by atoms with Gasteiger partial charge in [0, 0.05) is 17.6 Å². The summed E-state index contributed by atoms with van der Waals surface area (Å²) < 4.78 is 33.5. The summed E-state index contributed by atoms with van der Waals surface area (Å²) in [5.41, 5.74) is -0.452. The van der Waals surface area contributed by atoms with Crippen LogP contribution in [0.15, 0.2) is 20.0 Å². The summed E-state index contributed by atoms with van der Waals surface area (Å²) in [7, 11) is -3.61. The number of furan rings is 1. The van der Waals surface area contributed by atoms with Crippen molar-refractivity contribution in [3.8, 4) is 0 Å². The molecule has 0 aliphatic carbocycles. The van der Waals surface area contributed by atoms with Crippen molar-refractivity contribution in [3.63, 3.8) is 0 Å². The summed E-state index contributed by atoms with van der Waals surface area (Å²) in [5, 5.41) is 3.19. The zero-order chi connectivity index (χ0) is 16.3. The summed E-state index contributed by atoms with van der Waals surface area (Å²) in [5.74, 6) is 0.589. The fourth-order valence-corrected chi connectivity index (χ4v) is 4.30. The molecule has 0 aliphatic heterocycles. The van der Waals surface area contributed by atoms with Gasteiger partial charge in [0.1, 0.15) is 10.7 Å². The van der Waals surface area contributed by atoms with E-state index in [4.69, 9.17) is 4.42 Å². The highest BCUT2D eigenvalue weighted by Crippen LogP contribution is 2.28. The van der Waals surface area contributed by atoms with Crippen molar-refractivity contribution in [1.29, 1.82) is 0 Å². The second kappa shape index (κ2) is 7.26. The second-order valence-electron chi connectivity index (χ2n) is 5.76. The van der Waals surface area contributed by atoms with E-state index in [1.165, 1.54) is 0 Å². The van der Waals surface area contributed by atoms with Crippen molar-refractivity contribution < 1.29 is 12.8 Å². The van der Waals surface area contributed by atoms with Gasteiger partial charge >= 0.3 is 0 Å². The summed E-state index contributed by atoms with van der Waals surface area (Å²) in [6.45, 7) is 10.4. The van der Waals surface area contributed by atoms with Crippen molar-refractivity contribution in [2.24, 2.45) is 0 Å². The van der Waals surface area contributed by atoms with E-state index in [1.807, 2.05) is 34.6 Å². The van der Waals surface area contributed by atoms with Crippen LogP contribution in [0.2, 0.25) is 0 Å². The Bertz CT molecular complexity index is 563. The van der Waals surface area contributed by atoms with Gasteiger partial charge in [0.25, 0.3) is 0 Å². The van der Waals surface area contributed by atoms with Crippen LogP contribution in [0.4, 0.5) is 0 Å². The third kappa shape index (κ3) is 5.09. The van der Waals surface area contributed by atoms with E-state index in [1.54, 1.807) is 6.07 Å². The van der Waals surface area contributed by atoms with E-state index in [-0.39, 0.29) is 9.56 Å². The lowest BCUT2D eigenvalue weighted by Crippen LogP contribution is -2.44. The van der Waals surface area contributed by atoms with Crippen molar-refractivity contribution in [3.05, 3.63) is 16.5 Å². The highest BCUT2D eigenvalue weighted by molar-refractivity contribution is 9.10. The maximum atomic E-state index is 12.5. The largest absolute Gasteiger partial charge is 0.452 e. The van der Waals surface area contributed by atoms with Gasteiger partial charge in [-0.2, -0.15) is 0 Å².